The predicted molar refractivity (Wildman–Crippen MR) is 36.6 cm³/mol. The van der Waals surface area contributed by atoms with Gasteiger partial charge in [0.15, 0.2) is 0 Å². The van der Waals surface area contributed by atoms with Gasteiger partial charge in [0.25, 0.3) is 0 Å². The largest absolute Gasteiger partial charge is 0.393 e. The van der Waals surface area contributed by atoms with E-state index in [1.54, 1.807) is 13.2 Å². The first-order valence-corrected chi connectivity index (χ1v) is 2.84. The van der Waals surface area contributed by atoms with Crippen LogP contribution in [0.5, 0.6) is 0 Å². The van der Waals surface area contributed by atoms with Gasteiger partial charge in [0.05, 0.1) is 5.03 Å². The maximum Gasteiger partial charge on any atom is 0.0501 e. The van der Waals surface area contributed by atoms with Crippen molar-refractivity contribution in [3.63, 3.8) is 0 Å². The number of rotatable bonds is 2. The summed E-state index contributed by atoms with van der Waals surface area (Å²) in [7, 11) is 1.78. The fourth-order valence-electron chi connectivity index (χ4n) is 0.269. The van der Waals surface area contributed by atoms with Gasteiger partial charge in [0.1, 0.15) is 0 Å². The first-order valence-electron chi connectivity index (χ1n) is 2.47. The first kappa shape index (κ1) is 7.79. The molecule has 0 spiro atoms. The lowest BCUT2D eigenvalue weighted by atomic mass is 10.3. The second-order valence-corrected chi connectivity index (χ2v) is 2.04. The van der Waals surface area contributed by atoms with Gasteiger partial charge in [-0.25, -0.2) is 0 Å². The van der Waals surface area contributed by atoms with Crippen LogP contribution in [0.15, 0.2) is 11.2 Å². The molecule has 0 fully saturated rings. The summed E-state index contributed by atoms with van der Waals surface area (Å²) in [6.45, 7) is 1.83. The highest BCUT2D eigenvalue weighted by molar-refractivity contribution is 6.30. The van der Waals surface area contributed by atoms with Crippen molar-refractivity contribution in [2.24, 2.45) is 5.73 Å². The van der Waals surface area contributed by atoms with E-state index in [-0.39, 0.29) is 6.04 Å². The molecule has 0 bridgehead atoms. The summed E-state index contributed by atoms with van der Waals surface area (Å²) in [6.07, 6.45) is 1.67. The Morgan fingerprint density at radius 1 is 1.88 bits per heavy atom. The molecule has 0 amide bonds. The smallest absolute Gasteiger partial charge is 0.0501 e. The minimum absolute atomic E-state index is 0.0656. The lowest BCUT2D eigenvalue weighted by Crippen LogP contribution is -2.16. The van der Waals surface area contributed by atoms with Crippen LogP contribution in [0.2, 0.25) is 0 Å². The topological polar surface area (TPSA) is 38.0 Å². The average Bonchev–Trinajstić information content (AvgIpc) is 1.67. The highest BCUT2D eigenvalue weighted by atomic mass is 35.5. The Morgan fingerprint density at radius 3 is 2.50 bits per heavy atom. The molecule has 3 N–H and O–H groups in total. The summed E-state index contributed by atoms with van der Waals surface area (Å²) in [5.41, 5.74) is 5.38. The van der Waals surface area contributed by atoms with E-state index in [2.05, 4.69) is 5.32 Å². The van der Waals surface area contributed by atoms with E-state index in [1.807, 2.05) is 6.92 Å². The molecule has 0 rings (SSSR count). The van der Waals surface area contributed by atoms with Gasteiger partial charge in [-0.3, -0.25) is 0 Å². The normalized spacial score (nSPS) is 15.8. The standard InChI is InChI=1S/C5H11ClN2/c1-4(7)5(6)3-8-2/h3-4,8H,7H2,1-2H3/b5-3-. The van der Waals surface area contributed by atoms with Crippen LogP contribution in [-0.2, 0) is 0 Å². The van der Waals surface area contributed by atoms with E-state index in [4.69, 9.17) is 17.3 Å². The molecule has 8 heavy (non-hydrogen) atoms. The van der Waals surface area contributed by atoms with Gasteiger partial charge in [0, 0.05) is 19.3 Å². The maximum atomic E-state index is 5.59. The minimum atomic E-state index is -0.0656. The van der Waals surface area contributed by atoms with Gasteiger partial charge in [0.2, 0.25) is 0 Å². The number of nitrogens with two attached hydrogens (primary N) is 1. The van der Waals surface area contributed by atoms with Gasteiger partial charge in [-0.15, -0.1) is 0 Å². The molecule has 3 heteroatoms. The summed E-state index contributed by atoms with van der Waals surface area (Å²) in [5.74, 6) is 0. The van der Waals surface area contributed by atoms with E-state index < -0.39 is 0 Å². The van der Waals surface area contributed by atoms with Gasteiger partial charge in [-0.2, -0.15) is 0 Å². The van der Waals surface area contributed by atoms with Crippen molar-refractivity contribution in [1.29, 1.82) is 0 Å². The van der Waals surface area contributed by atoms with Crippen LogP contribution in [0.3, 0.4) is 0 Å². The van der Waals surface area contributed by atoms with Crippen molar-refractivity contribution in [3.05, 3.63) is 11.2 Å². The predicted octanol–water partition coefficient (Wildman–Crippen LogP) is 0.633. The van der Waals surface area contributed by atoms with Crippen LogP contribution in [0.25, 0.3) is 0 Å². The summed E-state index contributed by atoms with van der Waals surface area (Å²) in [5, 5.41) is 3.42. The number of nitrogens with one attached hydrogen (secondary N) is 1. The Balaban J connectivity index is 3.61. The minimum Gasteiger partial charge on any atom is -0.393 e. The lowest BCUT2D eigenvalue weighted by molar-refractivity contribution is 0.891. The summed E-state index contributed by atoms with van der Waals surface area (Å²) in [6, 6.07) is -0.0656. The highest BCUT2D eigenvalue weighted by Crippen LogP contribution is 2.01. The second kappa shape index (κ2) is 3.75. The summed E-state index contributed by atoms with van der Waals surface area (Å²) in [4.78, 5) is 0. The average molecular weight is 135 g/mol. The Labute approximate surface area is 54.7 Å². The first-order chi connectivity index (χ1) is 3.68. The third kappa shape index (κ3) is 2.88. The Bertz CT molecular complexity index is 88.4. The van der Waals surface area contributed by atoms with Crippen LogP contribution >= 0.6 is 11.6 Å². The summed E-state index contributed by atoms with van der Waals surface area (Å²) >= 11 is 5.59. The Morgan fingerprint density at radius 2 is 2.38 bits per heavy atom. The SMILES string of the molecule is CN/C=C(\Cl)C(C)N. The van der Waals surface area contributed by atoms with Crippen molar-refractivity contribution in [3.8, 4) is 0 Å². The molecule has 0 saturated carbocycles. The molecule has 0 aliphatic heterocycles. The molecule has 0 aromatic rings. The molecule has 0 radical (unpaired) electrons. The van der Waals surface area contributed by atoms with E-state index >= 15 is 0 Å². The molecule has 0 aliphatic rings. The van der Waals surface area contributed by atoms with Crippen molar-refractivity contribution < 1.29 is 0 Å². The molecule has 0 saturated heterocycles. The molecule has 0 aromatic heterocycles. The van der Waals surface area contributed by atoms with Crippen molar-refractivity contribution in [1.82, 2.24) is 5.32 Å². The Hall–Kier alpha value is -0.210. The number of hydrogen-bond acceptors (Lipinski definition) is 2. The van der Waals surface area contributed by atoms with Crippen molar-refractivity contribution in [2.75, 3.05) is 7.05 Å². The number of halogens is 1. The fraction of sp³-hybridized carbons (Fsp3) is 0.600. The summed E-state index contributed by atoms with van der Waals surface area (Å²) < 4.78 is 0. The zero-order valence-electron chi connectivity index (χ0n) is 5.11. The van der Waals surface area contributed by atoms with E-state index in [1.165, 1.54) is 0 Å². The zero-order valence-corrected chi connectivity index (χ0v) is 5.87. The Kier molecular flexibility index (Phi) is 3.65. The van der Waals surface area contributed by atoms with E-state index in [0.29, 0.717) is 5.03 Å². The van der Waals surface area contributed by atoms with Gasteiger partial charge in [-0.1, -0.05) is 11.6 Å². The van der Waals surface area contributed by atoms with Crippen molar-refractivity contribution >= 4 is 11.6 Å². The van der Waals surface area contributed by atoms with Crippen LogP contribution in [0.1, 0.15) is 6.92 Å². The molecule has 2 nitrogen and oxygen atoms in total. The van der Waals surface area contributed by atoms with Crippen LogP contribution in [0, 0.1) is 0 Å². The second-order valence-electron chi connectivity index (χ2n) is 1.61. The molecular weight excluding hydrogens is 124 g/mol. The maximum absolute atomic E-state index is 5.59. The molecule has 0 heterocycles. The molecule has 1 unspecified atom stereocenters. The van der Waals surface area contributed by atoms with Gasteiger partial charge in [-0.05, 0) is 6.92 Å². The highest BCUT2D eigenvalue weighted by Gasteiger charge is 1.95. The van der Waals surface area contributed by atoms with E-state index in [9.17, 15) is 0 Å². The van der Waals surface area contributed by atoms with Crippen LogP contribution in [0.4, 0.5) is 0 Å². The third-order valence-corrected chi connectivity index (χ3v) is 1.17. The quantitative estimate of drug-likeness (QED) is 0.582. The van der Waals surface area contributed by atoms with Gasteiger partial charge >= 0.3 is 0 Å². The molecule has 0 aliphatic carbocycles. The zero-order chi connectivity index (χ0) is 6.57. The molecular formula is C5H11ClN2. The van der Waals surface area contributed by atoms with E-state index in [0.717, 1.165) is 0 Å². The van der Waals surface area contributed by atoms with Crippen LogP contribution in [-0.4, -0.2) is 13.1 Å². The number of hydrogen-bond donors (Lipinski definition) is 2. The monoisotopic (exact) mass is 134 g/mol. The molecule has 1 atom stereocenters. The van der Waals surface area contributed by atoms with Crippen molar-refractivity contribution in [2.45, 2.75) is 13.0 Å². The van der Waals surface area contributed by atoms with Gasteiger partial charge < -0.3 is 11.1 Å². The molecule has 0 aromatic carbocycles. The van der Waals surface area contributed by atoms with Crippen LogP contribution < -0.4 is 11.1 Å². The lowest BCUT2D eigenvalue weighted by Gasteiger charge is -2.00. The fourth-order valence-corrected chi connectivity index (χ4v) is 0.378. The third-order valence-electron chi connectivity index (χ3n) is 0.717. The molecule has 48 valence electrons.